The van der Waals surface area contributed by atoms with Crippen LogP contribution in [0.5, 0.6) is 5.75 Å². The van der Waals surface area contributed by atoms with Gasteiger partial charge in [-0.05, 0) is 29.8 Å². The summed E-state index contributed by atoms with van der Waals surface area (Å²) in [7, 11) is -3.84. The summed E-state index contributed by atoms with van der Waals surface area (Å²) in [6.07, 6.45) is 0. The molecule has 32 heavy (non-hydrogen) atoms. The molecule has 0 bridgehead atoms. The minimum Gasteiger partial charge on any atom is -0.506 e. The van der Waals surface area contributed by atoms with Crippen molar-refractivity contribution in [2.45, 2.75) is 33.1 Å². The van der Waals surface area contributed by atoms with Crippen LogP contribution in [-0.2, 0) is 15.4 Å². The molecule has 0 saturated carbocycles. The fourth-order valence-electron chi connectivity index (χ4n) is 3.92. The molecule has 2 N–H and O–H groups in total. The standard InChI is InChI=1S/C24H24Cl2N2O3S/c1-5-32(30,31)28(19-12-17(26)20(29)13-16(19)25)22-21-15-9-7-6-8-14(15)10-11-18(21)27-23(22)24(2,3)4/h6-13,27,29H,5H2,1-4H3. The second-order valence-electron chi connectivity index (χ2n) is 8.73. The lowest BCUT2D eigenvalue weighted by atomic mass is 9.90. The van der Waals surface area contributed by atoms with E-state index in [1.54, 1.807) is 6.92 Å². The molecule has 0 atom stereocenters. The monoisotopic (exact) mass is 490 g/mol. The lowest BCUT2D eigenvalue weighted by Gasteiger charge is -2.29. The molecule has 0 aliphatic heterocycles. The Morgan fingerprint density at radius 1 is 1.03 bits per heavy atom. The number of sulfonamides is 1. The third-order valence-electron chi connectivity index (χ3n) is 5.49. The maximum atomic E-state index is 13.6. The predicted octanol–water partition coefficient (Wildman–Crippen LogP) is 7.12. The van der Waals surface area contributed by atoms with Gasteiger partial charge in [0.05, 0.1) is 27.2 Å². The maximum absolute atomic E-state index is 13.6. The molecule has 0 spiro atoms. The van der Waals surface area contributed by atoms with Gasteiger partial charge in [0.1, 0.15) is 5.75 Å². The van der Waals surface area contributed by atoms with E-state index < -0.39 is 15.4 Å². The van der Waals surface area contributed by atoms with E-state index in [9.17, 15) is 13.5 Å². The van der Waals surface area contributed by atoms with Crippen molar-refractivity contribution in [2.75, 3.05) is 10.1 Å². The van der Waals surface area contributed by atoms with Gasteiger partial charge >= 0.3 is 0 Å². The van der Waals surface area contributed by atoms with Gasteiger partial charge in [-0.15, -0.1) is 0 Å². The van der Waals surface area contributed by atoms with Gasteiger partial charge in [0.2, 0.25) is 10.0 Å². The summed E-state index contributed by atoms with van der Waals surface area (Å²) in [6, 6.07) is 14.5. The number of H-pyrrole nitrogens is 1. The normalized spacial score (nSPS) is 12.6. The SMILES string of the molecule is CCS(=O)(=O)N(c1cc(Cl)c(O)cc1Cl)c1c(C(C)(C)C)[nH]c2ccc3ccccc3c12. The average Bonchev–Trinajstić information content (AvgIpc) is 3.12. The van der Waals surface area contributed by atoms with E-state index in [0.29, 0.717) is 5.69 Å². The predicted molar refractivity (Wildman–Crippen MR) is 134 cm³/mol. The van der Waals surface area contributed by atoms with E-state index in [4.69, 9.17) is 23.2 Å². The summed E-state index contributed by atoms with van der Waals surface area (Å²) in [5, 5.41) is 12.8. The van der Waals surface area contributed by atoms with Crippen LogP contribution < -0.4 is 4.31 Å². The molecular weight excluding hydrogens is 467 g/mol. The maximum Gasteiger partial charge on any atom is 0.239 e. The molecule has 0 fully saturated rings. The first kappa shape index (κ1) is 22.8. The summed E-state index contributed by atoms with van der Waals surface area (Å²) in [5.41, 5.74) is 1.86. The van der Waals surface area contributed by atoms with Crippen molar-refractivity contribution in [1.29, 1.82) is 0 Å². The highest BCUT2D eigenvalue weighted by Crippen LogP contribution is 2.48. The Balaban J connectivity index is 2.23. The summed E-state index contributed by atoms with van der Waals surface area (Å²) in [6.45, 7) is 7.64. The number of benzene rings is 3. The quantitative estimate of drug-likeness (QED) is 0.319. The Bertz CT molecular complexity index is 1450. The Kier molecular flexibility index (Phi) is 5.60. The second-order valence-corrected chi connectivity index (χ2v) is 11.6. The van der Waals surface area contributed by atoms with Crippen LogP contribution in [0, 0.1) is 0 Å². The Labute approximate surface area is 197 Å². The van der Waals surface area contributed by atoms with Crippen LogP contribution >= 0.6 is 23.2 Å². The number of hydrogen-bond donors (Lipinski definition) is 2. The van der Waals surface area contributed by atoms with Crippen LogP contribution in [-0.4, -0.2) is 24.3 Å². The molecule has 0 amide bonds. The molecule has 1 aromatic heterocycles. The van der Waals surface area contributed by atoms with Gasteiger partial charge in [0, 0.05) is 28.1 Å². The lowest BCUT2D eigenvalue weighted by Crippen LogP contribution is -2.30. The first-order valence-electron chi connectivity index (χ1n) is 10.2. The van der Waals surface area contributed by atoms with E-state index in [1.165, 1.54) is 16.4 Å². The molecule has 0 radical (unpaired) electrons. The minimum absolute atomic E-state index is 0.0164. The van der Waals surface area contributed by atoms with Crippen molar-refractivity contribution in [2.24, 2.45) is 0 Å². The molecule has 168 valence electrons. The number of fused-ring (bicyclic) bond motifs is 3. The molecule has 1 heterocycles. The zero-order chi connectivity index (χ0) is 23.4. The summed E-state index contributed by atoms with van der Waals surface area (Å²) in [5.74, 6) is -0.363. The zero-order valence-electron chi connectivity index (χ0n) is 18.2. The number of phenolic OH excluding ortho intramolecular Hbond substituents is 1. The van der Waals surface area contributed by atoms with Crippen molar-refractivity contribution in [3.63, 3.8) is 0 Å². The second kappa shape index (κ2) is 7.87. The van der Waals surface area contributed by atoms with E-state index >= 15 is 0 Å². The number of aromatic hydroxyl groups is 1. The number of nitrogens with zero attached hydrogens (tertiary/aromatic N) is 1. The van der Waals surface area contributed by atoms with Crippen molar-refractivity contribution in [1.82, 2.24) is 4.98 Å². The molecule has 4 aromatic rings. The number of aromatic amines is 1. The third-order valence-corrected chi connectivity index (χ3v) is 7.76. The zero-order valence-corrected chi connectivity index (χ0v) is 20.5. The number of anilines is 2. The van der Waals surface area contributed by atoms with Gasteiger partial charge in [0.15, 0.2) is 0 Å². The Hall–Kier alpha value is -2.41. The highest BCUT2D eigenvalue weighted by molar-refractivity contribution is 7.93. The summed E-state index contributed by atoms with van der Waals surface area (Å²) >= 11 is 12.7. The molecule has 0 saturated heterocycles. The van der Waals surface area contributed by atoms with E-state index in [0.717, 1.165) is 27.4 Å². The van der Waals surface area contributed by atoms with Crippen molar-refractivity contribution >= 4 is 66.3 Å². The molecule has 8 heteroatoms. The van der Waals surface area contributed by atoms with Crippen molar-refractivity contribution in [3.05, 3.63) is 64.3 Å². The Morgan fingerprint density at radius 3 is 2.38 bits per heavy atom. The van der Waals surface area contributed by atoms with Crippen LogP contribution in [0.4, 0.5) is 11.4 Å². The number of nitrogens with one attached hydrogen (secondary N) is 1. The third kappa shape index (κ3) is 3.70. The highest BCUT2D eigenvalue weighted by atomic mass is 35.5. The smallest absolute Gasteiger partial charge is 0.239 e. The largest absolute Gasteiger partial charge is 0.506 e. The molecule has 3 aromatic carbocycles. The van der Waals surface area contributed by atoms with Gasteiger partial charge in [-0.3, -0.25) is 0 Å². The Morgan fingerprint density at radius 2 is 1.72 bits per heavy atom. The van der Waals surface area contributed by atoms with Gasteiger partial charge in [-0.25, -0.2) is 12.7 Å². The van der Waals surface area contributed by atoms with Gasteiger partial charge in [-0.1, -0.05) is 74.3 Å². The van der Waals surface area contributed by atoms with Crippen LogP contribution in [0.2, 0.25) is 10.0 Å². The number of halogens is 2. The average molecular weight is 491 g/mol. The van der Waals surface area contributed by atoms with Crippen molar-refractivity contribution in [3.8, 4) is 5.75 Å². The molecule has 0 aliphatic rings. The summed E-state index contributed by atoms with van der Waals surface area (Å²) in [4.78, 5) is 3.46. The fourth-order valence-corrected chi connectivity index (χ4v) is 5.54. The van der Waals surface area contributed by atoms with Gasteiger partial charge in [-0.2, -0.15) is 0 Å². The van der Waals surface area contributed by atoms with Crippen LogP contribution in [0.1, 0.15) is 33.4 Å². The number of rotatable bonds is 4. The van der Waals surface area contributed by atoms with E-state index in [-0.39, 0.29) is 27.2 Å². The number of hydrogen-bond acceptors (Lipinski definition) is 3. The summed E-state index contributed by atoms with van der Waals surface area (Å²) < 4.78 is 28.4. The molecular formula is C24H24Cl2N2O3S. The number of phenols is 1. The minimum atomic E-state index is -3.84. The van der Waals surface area contributed by atoms with Crippen LogP contribution in [0.25, 0.3) is 21.7 Å². The highest BCUT2D eigenvalue weighted by Gasteiger charge is 2.34. The molecule has 5 nitrogen and oxygen atoms in total. The van der Waals surface area contributed by atoms with Gasteiger partial charge in [0.25, 0.3) is 0 Å². The molecule has 0 aliphatic carbocycles. The first-order chi connectivity index (χ1) is 15.0. The van der Waals surface area contributed by atoms with Crippen molar-refractivity contribution < 1.29 is 13.5 Å². The molecule has 4 rings (SSSR count). The van der Waals surface area contributed by atoms with E-state index in [2.05, 4.69) is 4.98 Å². The fraction of sp³-hybridized carbons (Fsp3) is 0.250. The first-order valence-corrected chi connectivity index (χ1v) is 12.6. The van der Waals surface area contributed by atoms with Crippen LogP contribution in [0.15, 0.2) is 48.5 Å². The topological polar surface area (TPSA) is 73.4 Å². The molecule has 0 unspecified atom stereocenters. The lowest BCUT2D eigenvalue weighted by molar-refractivity contribution is 0.475. The van der Waals surface area contributed by atoms with Crippen LogP contribution in [0.3, 0.4) is 0 Å². The van der Waals surface area contributed by atoms with Gasteiger partial charge < -0.3 is 10.1 Å². The number of aromatic nitrogens is 1. The van der Waals surface area contributed by atoms with E-state index in [1.807, 2.05) is 57.2 Å².